The van der Waals surface area contributed by atoms with Gasteiger partial charge in [-0.25, -0.2) is 9.37 Å². The Hall–Kier alpha value is -3.11. The number of hydrogen-bond donors (Lipinski definition) is 3. The lowest BCUT2D eigenvalue weighted by molar-refractivity contribution is 0.0936. The summed E-state index contributed by atoms with van der Waals surface area (Å²) >= 11 is 0. The predicted molar refractivity (Wildman–Crippen MR) is 118 cm³/mol. The Morgan fingerprint density at radius 2 is 1.97 bits per heavy atom. The highest BCUT2D eigenvalue weighted by Crippen LogP contribution is 2.12. The van der Waals surface area contributed by atoms with Crippen molar-refractivity contribution in [1.29, 1.82) is 0 Å². The van der Waals surface area contributed by atoms with Crippen LogP contribution in [0.3, 0.4) is 0 Å². The molecule has 0 bridgehead atoms. The van der Waals surface area contributed by atoms with Crippen LogP contribution in [0.5, 0.6) is 0 Å². The zero-order chi connectivity index (χ0) is 21.8. The Morgan fingerprint density at radius 3 is 2.72 bits per heavy atom. The van der Waals surface area contributed by atoms with Crippen LogP contribution in [0.4, 0.5) is 4.39 Å². The number of rotatable bonds is 6. The minimum Gasteiger partial charge on any atom is -0.350 e. The second-order valence-electron chi connectivity index (χ2n) is 7.67. The van der Waals surface area contributed by atoms with Crippen molar-refractivity contribution < 1.29 is 14.0 Å². The highest BCUT2D eigenvalue weighted by Gasteiger charge is 2.20. The van der Waals surface area contributed by atoms with Crippen molar-refractivity contribution in [1.82, 2.24) is 35.5 Å². The second kappa shape index (κ2) is 10.5. The van der Waals surface area contributed by atoms with Crippen LogP contribution in [0, 0.1) is 18.7 Å². The van der Waals surface area contributed by atoms with E-state index in [-0.39, 0.29) is 47.8 Å². The summed E-state index contributed by atoms with van der Waals surface area (Å²) in [4.78, 5) is 33.7. The molecule has 1 aliphatic heterocycles. The van der Waals surface area contributed by atoms with Crippen LogP contribution in [0.1, 0.15) is 44.9 Å². The summed E-state index contributed by atoms with van der Waals surface area (Å²) in [7, 11) is 0. The van der Waals surface area contributed by atoms with Gasteiger partial charge in [0, 0.05) is 19.2 Å². The molecule has 0 saturated carbocycles. The maximum absolute atomic E-state index is 13.4. The molecule has 0 radical (unpaired) electrons. The maximum Gasteiger partial charge on any atom is 0.270 e. The van der Waals surface area contributed by atoms with Gasteiger partial charge in [-0.1, -0.05) is 12.1 Å². The highest BCUT2D eigenvalue weighted by molar-refractivity contribution is 5.98. The third kappa shape index (κ3) is 5.38. The average molecular weight is 462 g/mol. The van der Waals surface area contributed by atoms with Crippen molar-refractivity contribution in [3.8, 4) is 0 Å². The molecule has 3 N–H and O–H groups in total. The number of halogens is 2. The van der Waals surface area contributed by atoms with Gasteiger partial charge in [-0.05, 0) is 56.0 Å². The van der Waals surface area contributed by atoms with Gasteiger partial charge in [0.05, 0.1) is 0 Å². The molecule has 0 aliphatic carbocycles. The number of aromatic nitrogens is 4. The quantitative estimate of drug-likeness (QED) is 0.514. The number of aryl methyl sites for hydroxylation is 1. The normalized spacial score (nSPS) is 14.1. The van der Waals surface area contributed by atoms with Crippen molar-refractivity contribution in [2.75, 3.05) is 19.6 Å². The van der Waals surface area contributed by atoms with Gasteiger partial charge in [-0.15, -0.1) is 12.4 Å². The standard InChI is InChI=1S/C21H24FN7O2.ClH/c1-13-8-15(2-3-16(13)22)11-24-19(30)17-9-18(29-21(28-17)26-12-27-29)20(31)25-10-14-4-6-23-7-5-14;/h2-3,8-9,12,14,23H,4-7,10-11H2,1H3,(H,24,30)(H,25,31);1H. The van der Waals surface area contributed by atoms with Crippen molar-refractivity contribution >= 4 is 30.0 Å². The topological polar surface area (TPSA) is 113 Å². The van der Waals surface area contributed by atoms with E-state index in [1.54, 1.807) is 19.1 Å². The van der Waals surface area contributed by atoms with E-state index < -0.39 is 5.91 Å². The van der Waals surface area contributed by atoms with Gasteiger partial charge in [-0.2, -0.15) is 14.6 Å². The van der Waals surface area contributed by atoms with E-state index in [0.717, 1.165) is 31.5 Å². The summed E-state index contributed by atoms with van der Waals surface area (Å²) in [5.74, 6) is -0.508. The van der Waals surface area contributed by atoms with Crippen molar-refractivity contribution in [2.24, 2.45) is 5.92 Å². The van der Waals surface area contributed by atoms with Crippen molar-refractivity contribution in [3.05, 3.63) is 58.9 Å². The van der Waals surface area contributed by atoms with Crippen LogP contribution in [0.2, 0.25) is 0 Å². The minimum atomic E-state index is -0.458. The lowest BCUT2D eigenvalue weighted by Gasteiger charge is -2.22. The predicted octanol–water partition coefficient (Wildman–Crippen LogP) is 1.65. The van der Waals surface area contributed by atoms with E-state index in [0.29, 0.717) is 18.0 Å². The molecular formula is C21H25ClFN7O2. The molecule has 32 heavy (non-hydrogen) atoms. The van der Waals surface area contributed by atoms with Crippen LogP contribution in [0.25, 0.3) is 5.78 Å². The Balaban J connectivity index is 0.00000289. The molecule has 0 spiro atoms. The largest absolute Gasteiger partial charge is 0.350 e. The number of carbonyl (C=O) groups is 2. The smallest absolute Gasteiger partial charge is 0.270 e. The van der Waals surface area contributed by atoms with E-state index in [4.69, 9.17) is 0 Å². The van der Waals surface area contributed by atoms with E-state index in [9.17, 15) is 14.0 Å². The Morgan fingerprint density at radius 1 is 1.19 bits per heavy atom. The highest BCUT2D eigenvalue weighted by atomic mass is 35.5. The van der Waals surface area contributed by atoms with Gasteiger partial charge in [0.15, 0.2) is 0 Å². The molecule has 11 heteroatoms. The van der Waals surface area contributed by atoms with Gasteiger partial charge < -0.3 is 16.0 Å². The molecule has 9 nitrogen and oxygen atoms in total. The number of carbonyl (C=O) groups excluding carboxylic acids is 2. The first-order chi connectivity index (χ1) is 15.0. The average Bonchev–Trinajstić information content (AvgIpc) is 3.27. The fourth-order valence-corrected chi connectivity index (χ4v) is 3.59. The first-order valence-electron chi connectivity index (χ1n) is 10.2. The SMILES string of the molecule is Cc1cc(CNC(=O)c2cc(C(=O)NCC3CCNCC3)n3ncnc3n2)ccc1F.Cl. The number of benzene rings is 1. The maximum atomic E-state index is 13.4. The third-order valence-corrected chi connectivity index (χ3v) is 5.40. The van der Waals surface area contributed by atoms with Crippen LogP contribution < -0.4 is 16.0 Å². The lowest BCUT2D eigenvalue weighted by Crippen LogP contribution is -2.36. The van der Waals surface area contributed by atoms with Gasteiger partial charge in [0.2, 0.25) is 0 Å². The number of piperidine rings is 1. The van der Waals surface area contributed by atoms with Gasteiger partial charge in [-0.3, -0.25) is 9.59 Å². The second-order valence-corrected chi connectivity index (χ2v) is 7.67. The Labute approximate surface area is 190 Å². The van der Waals surface area contributed by atoms with E-state index in [1.165, 1.54) is 23.0 Å². The molecule has 0 atom stereocenters. The fourth-order valence-electron chi connectivity index (χ4n) is 3.59. The monoisotopic (exact) mass is 461 g/mol. The summed E-state index contributed by atoms with van der Waals surface area (Å²) in [6.07, 6.45) is 3.30. The van der Waals surface area contributed by atoms with Crippen LogP contribution in [-0.2, 0) is 6.54 Å². The van der Waals surface area contributed by atoms with Gasteiger partial charge >= 0.3 is 0 Å². The van der Waals surface area contributed by atoms with Gasteiger partial charge in [0.25, 0.3) is 17.6 Å². The minimum absolute atomic E-state index is 0. The lowest BCUT2D eigenvalue weighted by atomic mass is 9.98. The molecule has 4 rings (SSSR count). The Bertz CT molecular complexity index is 1110. The number of nitrogens with zero attached hydrogens (tertiary/aromatic N) is 4. The molecule has 0 unspecified atom stereocenters. The van der Waals surface area contributed by atoms with Crippen molar-refractivity contribution in [3.63, 3.8) is 0 Å². The molecule has 170 valence electrons. The zero-order valence-corrected chi connectivity index (χ0v) is 18.4. The molecule has 1 aromatic carbocycles. The molecule has 2 amide bonds. The summed E-state index contributed by atoms with van der Waals surface area (Å²) in [5, 5.41) is 13.0. The molecule has 2 aromatic heterocycles. The molecule has 3 aromatic rings. The number of amides is 2. The van der Waals surface area contributed by atoms with E-state index >= 15 is 0 Å². The van der Waals surface area contributed by atoms with E-state index in [1.807, 2.05) is 0 Å². The molecule has 1 saturated heterocycles. The summed E-state index contributed by atoms with van der Waals surface area (Å²) < 4.78 is 14.7. The number of fused-ring (bicyclic) bond motifs is 1. The fraction of sp³-hybridized carbons (Fsp3) is 0.381. The number of nitrogens with one attached hydrogen (secondary N) is 3. The third-order valence-electron chi connectivity index (χ3n) is 5.40. The van der Waals surface area contributed by atoms with Gasteiger partial charge in [0.1, 0.15) is 23.5 Å². The first-order valence-corrected chi connectivity index (χ1v) is 10.2. The van der Waals surface area contributed by atoms with Crippen molar-refractivity contribution in [2.45, 2.75) is 26.3 Å². The molecule has 1 aliphatic rings. The van der Waals surface area contributed by atoms with Crippen LogP contribution in [0.15, 0.2) is 30.6 Å². The van der Waals surface area contributed by atoms with E-state index in [2.05, 4.69) is 31.0 Å². The molecular weight excluding hydrogens is 437 g/mol. The first kappa shape index (κ1) is 23.6. The number of hydrogen-bond acceptors (Lipinski definition) is 6. The Kier molecular flexibility index (Phi) is 7.70. The summed E-state index contributed by atoms with van der Waals surface area (Å²) in [6, 6.07) is 6.05. The molecule has 3 heterocycles. The van der Waals surface area contributed by atoms with Crippen LogP contribution >= 0.6 is 12.4 Å². The zero-order valence-electron chi connectivity index (χ0n) is 17.6. The van der Waals surface area contributed by atoms with Crippen LogP contribution in [-0.4, -0.2) is 51.0 Å². The molecule has 1 fully saturated rings. The summed E-state index contributed by atoms with van der Waals surface area (Å²) in [5.41, 5.74) is 1.52. The summed E-state index contributed by atoms with van der Waals surface area (Å²) in [6.45, 7) is 4.32.